The van der Waals surface area contributed by atoms with Gasteiger partial charge in [0.05, 0.1) is 16.1 Å². The molecule has 2 N–H and O–H groups in total. The van der Waals surface area contributed by atoms with Crippen molar-refractivity contribution in [1.82, 2.24) is 9.97 Å². The molecule has 2 aromatic rings. The summed E-state index contributed by atoms with van der Waals surface area (Å²) in [5.74, 6) is 0.802. The molecule has 82 valence electrons. The van der Waals surface area contributed by atoms with Gasteiger partial charge in [0.1, 0.15) is 5.82 Å². The Labute approximate surface area is 98.4 Å². The Morgan fingerprint density at radius 3 is 2.81 bits per heavy atom. The summed E-state index contributed by atoms with van der Waals surface area (Å²) in [5, 5.41) is 2.06. The minimum atomic E-state index is -0.252. The molecule has 16 heavy (non-hydrogen) atoms. The van der Waals surface area contributed by atoms with E-state index in [0.29, 0.717) is 0 Å². The molecule has 1 saturated carbocycles. The van der Waals surface area contributed by atoms with E-state index < -0.39 is 0 Å². The van der Waals surface area contributed by atoms with Crippen LogP contribution in [0.25, 0.3) is 10.6 Å². The molecule has 0 unspecified atom stereocenters. The van der Waals surface area contributed by atoms with E-state index >= 15 is 0 Å². The van der Waals surface area contributed by atoms with Gasteiger partial charge in [-0.1, -0.05) is 6.07 Å². The van der Waals surface area contributed by atoms with Crippen LogP contribution in [-0.2, 0) is 5.54 Å². The van der Waals surface area contributed by atoms with Gasteiger partial charge < -0.3 is 5.73 Å². The standard InChI is InChI=1S/C12H13N3S/c1-8-7-9(10-3-2-6-16-10)15-11(14-8)12(13)4-5-12/h2-3,6-7H,4-5,13H2,1H3. The van der Waals surface area contributed by atoms with Crippen molar-refractivity contribution >= 4 is 11.3 Å². The van der Waals surface area contributed by atoms with Gasteiger partial charge in [-0.15, -0.1) is 11.3 Å². The predicted molar refractivity (Wildman–Crippen MR) is 65.2 cm³/mol. The minimum Gasteiger partial charge on any atom is -0.319 e. The molecule has 1 aliphatic carbocycles. The highest BCUT2D eigenvalue weighted by atomic mass is 32.1. The summed E-state index contributed by atoms with van der Waals surface area (Å²) in [7, 11) is 0. The van der Waals surface area contributed by atoms with E-state index in [2.05, 4.69) is 21.4 Å². The summed E-state index contributed by atoms with van der Waals surface area (Å²) < 4.78 is 0. The molecule has 0 amide bonds. The third-order valence-corrected chi connectivity index (χ3v) is 3.75. The first kappa shape index (κ1) is 9.93. The van der Waals surface area contributed by atoms with E-state index in [1.54, 1.807) is 11.3 Å². The van der Waals surface area contributed by atoms with E-state index in [1.807, 2.05) is 19.1 Å². The van der Waals surface area contributed by atoms with Crippen LogP contribution in [0.1, 0.15) is 24.4 Å². The van der Waals surface area contributed by atoms with Crippen molar-refractivity contribution in [2.75, 3.05) is 0 Å². The lowest BCUT2D eigenvalue weighted by atomic mass is 10.2. The Bertz CT molecular complexity index is 515. The molecule has 2 aromatic heterocycles. The molecule has 0 spiro atoms. The minimum absolute atomic E-state index is 0.252. The van der Waals surface area contributed by atoms with Crippen molar-refractivity contribution in [2.24, 2.45) is 5.73 Å². The summed E-state index contributed by atoms with van der Waals surface area (Å²) in [4.78, 5) is 10.2. The van der Waals surface area contributed by atoms with Crippen molar-refractivity contribution in [3.63, 3.8) is 0 Å². The van der Waals surface area contributed by atoms with Crippen molar-refractivity contribution < 1.29 is 0 Å². The van der Waals surface area contributed by atoms with Gasteiger partial charge in [-0.3, -0.25) is 0 Å². The van der Waals surface area contributed by atoms with Crippen LogP contribution in [0.5, 0.6) is 0 Å². The lowest BCUT2D eigenvalue weighted by Gasteiger charge is -2.09. The molecule has 0 aliphatic heterocycles. The zero-order valence-corrected chi connectivity index (χ0v) is 9.92. The third kappa shape index (κ3) is 1.64. The van der Waals surface area contributed by atoms with E-state index in [0.717, 1.165) is 30.1 Å². The molecule has 0 radical (unpaired) electrons. The summed E-state index contributed by atoms with van der Waals surface area (Å²) >= 11 is 1.69. The number of rotatable bonds is 2. The van der Waals surface area contributed by atoms with Crippen molar-refractivity contribution in [1.29, 1.82) is 0 Å². The lowest BCUT2D eigenvalue weighted by Crippen LogP contribution is -2.22. The highest BCUT2D eigenvalue weighted by Gasteiger charge is 2.43. The number of aromatic nitrogens is 2. The zero-order chi connectivity index (χ0) is 11.2. The first-order valence-corrected chi connectivity index (χ1v) is 6.24. The second kappa shape index (κ2) is 3.37. The number of hydrogen-bond donors (Lipinski definition) is 1. The number of nitrogens with two attached hydrogens (primary N) is 1. The highest BCUT2D eigenvalue weighted by Crippen LogP contribution is 2.41. The maximum Gasteiger partial charge on any atom is 0.149 e. The predicted octanol–water partition coefficient (Wildman–Crippen LogP) is 2.46. The van der Waals surface area contributed by atoms with Crippen LogP contribution in [0, 0.1) is 6.92 Å². The number of hydrogen-bond acceptors (Lipinski definition) is 4. The van der Waals surface area contributed by atoms with Crippen LogP contribution in [-0.4, -0.2) is 9.97 Å². The van der Waals surface area contributed by atoms with Gasteiger partial charge in [-0.25, -0.2) is 9.97 Å². The fourth-order valence-corrected chi connectivity index (χ4v) is 2.39. The first-order chi connectivity index (χ1) is 7.67. The summed E-state index contributed by atoms with van der Waals surface area (Å²) in [6, 6.07) is 6.12. The lowest BCUT2D eigenvalue weighted by molar-refractivity contribution is 0.669. The average Bonchev–Trinajstić information content (AvgIpc) is 2.83. The van der Waals surface area contributed by atoms with Gasteiger partial charge >= 0.3 is 0 Å². The van der Waals surface area contributed by atoms with Crippen LogP contribution >= 0.6 is 11.3 Å². The second-order valence-corrected chi connectivity index (χ2v) is 5.30. The van der Waals surface area contributed by atoms with Gasteiger partial charge in [0.15, 0.2) is 0 Å². The Morgan fingerprint density at radius 2 is 2.19 bits per heavy atom. The summed E-state index contributed by atoms with van der Waals surface area (Å²) in [5.41, 5.74) is 7.87. The van der Waals surface area contributed by atoms with Crippen LogP contribution in [0.2, 0.25) is 0 Å². The molecule has 0 saturated heterocycles. The molecule has 3 rings (SSSR count). The Kier molecular flexibility index (Phi) is 2.09. The Hall–Kier alpha value is -1.26. The van der Waals surface area contributed by atoms with Gasteiger partial charge in [-0.05, 0) is 37.3 Å². The fraction of sp³-hybridized carbons (Fsp3) is 0.333. The molecular weight excluding hydrogens is 218 g/mol. The molecule has 0 bridgehead atoms. The van der Waals surface area contributed by atoms with Gasteiger partial charge in [0, 0.05) is 5.69 Å². The molecule has 1 fully saturated rings. The second-order valence-electron chi connectivity index (χ2n) is 4.35. The third-order valence-electron chi connectivity index (χ3n) is 2.86. The SMILES string of the molecule is Cc1cc(-c2cccs2)nc(C2(N)CC2)n1. The normalized spacial score (nSPS) is 17.4. The fourth-order valence-electron chi connectivity index (χ4n) is 1.70. The molecular formula is C12H13N3S. The largest absolute Gasteiger partial charge is 0.319 e. The quantitative estimate of drug-likeness (QED) is 0.863. The molecule has 4 heteroatoms. The monoisotopic (exact) mass is 231 g/mol. The van der Waals surface area contributed by atoms with Crippen molar-refractivity contribution in [3.05, 3.63) is 35.1 Å². The van der Waals surface area contributed by atoms with Crippen LogP contribution in [0.15, 0.2) is 23.6 Å². The van der Waals surface area contributed by atoms with Crippen LogP contribution in [0.3, 0.4) is 0 Å². The number of thiophene rings is 1. The Balaban J connectivity index is 2.10. The highest BCUT2D eigenvalue weighted by molar-refractivity contribution is 7.13. The van der Waals surface area contributed by atoms with E-state index in [1.165, 1.54) is 4.88 Å². The maximum absolute atomic E-state index is 6.14. The molecule has 3 nitrogen and oxygen atoms in total. The summed E-state index contributed by atoms with van der Waals surface area (Å²) in [6.45, 7) is 1.99. The topological polar surface area (TPSA) is 51.8 Å². The van der Waals surface area contributed by atoms with Crippen LogP contribution < -0.4 is 5.73 Å². The molecule has 1 aliphatic rings. The van der Waals surface area contributed by atoms with Crippen molar-refractivity contribution in [2.45, 2.75) is 25.3 Å². The smallest absolute Gasteiger partial charge is 0.149 e. The van der Waals surface area contributed by atoms with E-state index in [4.69, 9.17) is 5.73 Å². The van der Waals surface area contributed by atoms with E-state index in [9.17, 15) is 0 Å². The summed E-state index contributed by atoms with van der Waals surface area (Å²) in [6.07, 6.45) is 2.00. The molecule has 0 atom stereocenters. The molecule has 2 heterocycles. The number of nitrogens with zero attached hydrogens (tertiary/aromatic N) is 2. The van der Waals surface area contributed by atoms with Gasteiger partial charge in [0.2, 0.25) is 0 Å². The van der Waals surface area contributed by atoms with Gasteiger partial charge in [0.25, 0.3) is 0 Å². The Morgan fingerprint density at radius 1 is 1.38 bits per heavy atom. The van der Waals surface area contributed by atoms with Crippen LogP contribution in [0.4, 0.5) is 0 Å². The maximum atomic E-state index is 6.14. The average molecular weight is 231 g/mol. The molecule has 0 aromatic carbocycles. The van der Waals surface area contributed by atoms with Gasteiger partial charge in [-0.2, -0.15) is 0 Å². The first-order valence-electron chi connectivity index (χ1n) is 5.36. The zero-order valence-electron chi connectivity index (χ0n) is 9.10. The number of aryl methyl sites for hydroxylation is 1. The van der Waals surface area contributed by atoms with Crippen molar-refractivity contribution in [3.8, 4) is 10.6 Å². The van der Waals surface area contributed by atoms with E-state index in [-0.39, 0.29) is 5.54 Å².